The molecule has 2 N–H and O–H groups in total. The van der Waals surface area contributed by atoms with Gasteiger partial charge < -0.3 is 15.4 Å². The van der Waals surface area contributed by atoms with Crippen molar-refractivity contribution >= 4 is 11.6 Å². The molecule has 1 heterocycles. The first kappa shape index (κ1) is 14.4. The number of nitrogen functional groups attached to an aromatic ring is 1. The van der Waals surface area contributed by atoms with Crippen LogP contribution >= 0.6 is 0 Å². The van der Waals surface area contributed by atoms with Gasteiger partial charge in [0.2, 0.25) is 5.91 Å². The van der Waals surface area contributed by atoms with E-state index in [-0.39, 0.29) is 12.0 Å². The van der Waals surface area contributed by atoms with Gasteiger partial charge in [-0.05, 0) is 49.8 Å². The Morgan fingerprint density at radius 1 is 1.19 bits per heavy atom. The number of hydrogen-bond donors (Lipinski definition) is 1. The molecule has 1 aromatic rings. The van der Waals surface area contributed by atoms with Gasteiger partial charge in [0.15, 0.2) is 0 Å². The van der Waals surface area contributed by atoms with E-state index in [0.29, 0.717) is 19.0 Å². The monoisotopic (exact) mass is 288 g/mol. The molecule has 2 aliphatic rings. The minimum absolute atomic E-state index is 0.124. The van der Waals surface area contributed by atoms with Crippen molar-refractivity contribution in [2.75, 3.05) is 12.3 Å². The number of benzene rings is 1. The first-order chi connectivity index (χ1) is 10.2. The van der Waals surface area contributed by atoms with Gasteiger partial charge in [-0.1, -0.05) is 12.1 Å². The number of rotatable bonds is 5. The lowest BCUT2D eigenvalue weighted by molar-refractivity contribution is -0.136. The molecule has 1 aliphatic carbocycles. The van der Waals surface area contributed by atoms with Crippen molar-refractivity contribution in [1.29, 1.82) is 0 Å². The van der Waals surface area contributed by atoms with Gasteiger partial charge in [-0.3, -0.25) is 4.79 Å². The number of carbonyl (C=O) groups is 1. The average molecular weight is 288 g/mol. The summed E-state index contributed by atoms with van der Waals surface area (Å²) < 4.78 is 5.70. The topological polar surface area (TPSA) is 55.6 Å². The summed E-state index contributed by atoms with van der Waals surface area (Å²) in [6.07, 6.45) is 6.25. The van der Waals surface area contributed by atoms with Gasteiger partial charge in [0, 0.05) is 24.9 Å². The fraction of sp³-hybridized carbons (Fsp3) is 0.588. The summed E-state index contributed by atoms with van der Waals surface area (Å²) in [5, 5.41) is 0. The number of ether oxygens (including phenoxy) is 1. The van der Waals surface area contributed by atoms with Crippen molar-refractivity contribution in [1.82, 2.24) is 4.90 Å². The third-order valence-electron chi connectivity index (χ3n) is 4.32. The molecule has 2 fully saturated rings. The minimum Gasteiger partial charge on any atom is -0.399 e. The molecule has 1 saturated carbocycles. The van der Waals surface area contributed by atoms with Crippen molar-refractivity contribution in [2.24, 2.45) is 0 Å². The average Bonchev–Trinajstić information content (AvgIpc) is 3.32. The molecule has 1 amide bonds. The van der Waals surface area contributed by atoms with Crippen LogP contribution in [0.5, 0.6) is 0 Å². The molecule has 1 unspecified atom stereocenters. The molecule has 21 heavy (non-hydrogen) atoms. The predicted octanol–water partition coefficient (Wildman–Crippen LogP) is 2.72. The van der Waals surface area contributed by atoms with Gasteiger partial charge in [-0.15, -0.1) is 0 Å². The van der Waals surface area contributed by atoms with Crippen LogP contribution in [0.15, 0.2) is 24.3 Å². The summed E-state index contributed by atoms with van der Waals surface area (Å²) in [6, 6.07) is 8.24. The van der Waals surface area contributed by atoms with Crippen LogP contribution in [-0.4, -0.2) is 29.6 Å². The van der Waals surface area contributed by atoms with Crippen molar-refractivity contribution in [3.8, 4) is 0 Å². The summed E-state index contributed by atoms with van der Waals surface area (Å²) in [6.45, 7) is 1.50. The molecule has 0 bridgehead atoms. The van der Waals surface area contributed by atoms with Crippen LogP contribution < -0.4 is 5.73 Å². The zero-order valence-corrected chi connectivity index (χ0v) is 12.5. The Kier molecular flexibility index (Phi) is 4.44. The first-order valence-electron chi connectivity index (χ1n) is 7.98. The van der Waals surface area contributed by atoms with E-state index in [4.69, 9.17) is 10.5 Å². The molecule has 114 valence electrons. The van der Waals surface area contributed by atoms with Crippen molar-refractivity contribution in [3.05, 3.63) is 29.8 Å². The highest BCUT2D eigenvalue weighted by Crippen LogP contribution is 2.30. The normalized spacial score (nSPS) is 22.0. The van der Waals surface area contributed by atoms with Gasteiger partial charge in [0.1, 0.15) is 0 Å². The molecule has 0 spiro atoms. The highest BCUT2D eigenvalue weighted by atomic mass is 16.5. The lowest BCUT2D eigenvalue weighted by Crippen LogP contribution is -2.36. The fourth-order valence-corrected chi connectivity index (χ4v) is 2.91. The number of nitrogens with two attached hydrogens (primary N) is 1. The van der Waals surface area contributed by atoms with Crippen LogP contribution in [-0.2, 0) is 16.1 Å². The number of carbonyl (C=O) groups excluding carboxylic acids is 1. The maximum Gasteiger partial charge on any atom is 0.225 e. The van der Waals surface area contributed by atoms with E-state index in [1.54, 1.807) is 0 Å². The van der Waals surface area contributed by atoms with Gasteiger partial charge in [-0.25, -0.2) is 0 Å². The molecular formula is C17H24N2O2. The zero-order valence-electron chi connectivity index (χ0n) is 12.5. The summed E-state index contributed by atoms with van der Waals surface area (Å²) in [5.74, 6) is 0.237. The lowest BCUT2D eigenvalue weighted by atomic mass is 10.1. The summed E-state index contributed by atoms with van der Waals surface area (Å²) in [7, 11) is 0. The Balaban J connectivity index is 1.60. The second kappa shape index (κ2) is 6.48. The fourth-order valence-electron chi connectivity index (χ4n) is 2.91. The quantitative estimate of drug-likeness (QED) is 0.848. The first-order valence-corrected chi connectivity index (χ1v) is 7.98. The second-order valence-corrected chi connectivity index (χ2v) is 6.19. The highest BCUT2D eigenvalue weighted by molar-refractivity contribution is 5.77. The smallest absolute Gasteiger partial charge is 0.225 e. The van der Waals surface area contributed by atoms with E-state index in [1.807, 2.05) is 29.2 Å². The van der Waals surface area contributed by atoms with Gasteiger partial charge in [-0.2, -0.15) is 0 Å². The Hall–Kier alpha value is -1.55. The Morgan fingerprint density at radius 3 is 2.57 bits per heavy atom. The molecule has 0 aromatic heterocycles. The third kappa shape index (κ3) is 3.97. The maximum absolute atomic E-state index is 12.6. The Bertz CT molecular complexity index is 476. The molecule has 1 aliphatic heterocycles. The van der Waals surface area contributed by atoms with Gasteiger partial charge in [0.05, 0.1) is 12.5 Å². The zero-order chi connectivity index (χ0) is 14.7. The van der Waals surface area contributed by atoms with Crippen LogP contribution in [0.25, 0.3) is 0 Å². The Labute approximate surface area is 126 Å². The molecule has 1 atom stereocenters. The van der Waals surface area contributed by atoms with E-state index >= 15 is 0 Å². The second-order valence-electron chi connectivity index (χ2n) is 6.19. The van der Waals surface area contributed by atoms with E-state index in [9.17, 15) is 4.79 Å². The molecule has 4 heteroatoms. The van der Waals surface area contributed by atoms with Crippen LogP contribution in [0.3, 0.4) is 0 Å². The van der Waals surface area contributed by atoms with Crippen molar-refractivity contribution in [3.63, 3.8) is 0 Å². The van der Waals surface area contributed by atoms with Crippen LogP contribution in [0.4, 0.5) is 5.69 Å². The number of nitrogens with zero attached hydrogens (tertiary/aromatic N) is 1. The summed E-state index contributed by atoms with van der Waals surface area (Å²) in [4.78, 5) is 14.6. The Morgan fingerprint density at radius 2 is 1.95 bits per heavy atom. The number of hydrogen-bond acceptors (Lipinski definition) is 3. The number of anilines is 1. The van der Waals surface area contributed by atoms with Crippen molar-refractivity contribution in [2.45, 2.75) is 57.2 Å². The number of amides is 1. The highest BCUT2D eigenvalue weighted by Gasteiger charge is 2.33. The summed E-state index contributed by atoms with van der Waals surface area (Å²) in [5.41, 5.74) is 7.63. The standard InChI is InChI=1S/C17H24N2O2/c18-14-6-4-13(5-7-14)12-19(15-8-9-15)17(20)11-16-3-1-2-10-21-16/h4-7,15-16H,1-3,8-12,18H2. The van der Waals surface area contributed by atoms with E-state index < -0.39 is 0 Å². The lowest BCUT2D eigenvalue weighted by Gasteiger charge is -2.27. The van der Waals surface area contributed by atoms with Crippen molar-refractivity contribution < 1.29 is 9.53 Å². The molecule has 3 rings (SSSR count). The van der Waals surface area contributed by atoms with E-state index in [0.717, 1.165) is 43.5 Å². The minimum atomic E-state index is 0.124. The molecule has 1 aromatic carbocycles. The van der Waals surface area contributed by atoms with Crippen LogP contribution in [0.1, 0.15) is 44.1 Å². The SMILES string of the molecule is Nc1ccc(CN(C(=O)CC2CCCCO2)C2CC2)cc1. The molecular weight excluding hydrogens is 264 g/mol. The van der Waals surface area contributed by atoms with Crippen LogP contribution in [0.2, 0.25) is 0 Å². The van der Waals surface area contributed by atoms with E-state index in [1.165, 1.54) is 6.42 Å². The molecule has 4 nitrogen and oxygen atoms in total. The molecule has 1 saturated heterocycles. The molecule has 0 radical (unpaired) electrons. The van der Waals surface area contributed by atoms with Crippen LogP contribution in [0, 0.1) is 0 Å². The van der Waals surface area contributed by atoms with Gasteiger partial charge in [0.25, 0.3) is 0 Å². The predicted molar refractivity (Wildman–Crippen MR) is 82.6 cm³/mol. The van der Waals surface area contributed by atoms with Gasteiger partial charge >= 0.3 is 0 Å². The third-order valence-corrected chi connectivity index (χ3v) is 4.32. The van der Waals surface area contributed by atoms with E-state index in [2.05, 4.69) is 0 Å². The largest absolute Gasteiger partial charge is 0.399 e. The summed E-state index contributed by atoms with van der Waals surface area (Å²) >= 11 is 0. The maximum atomic E-state index is 12.6.